The molecule has 1 saturated heterocycles. The number of carbonyl (C=O) groups is 2. The summed E-state index contributed by atoms with van der Waals surface area (Å²) in [5.41, 5.74) is 0.458. The predicted molar refractivity (Wildman–Crippen MR) is 79.6 cm³/mol. The van der Waals surface area contributed by atoms with Crippen molar-refractivity contribution in [2.24, 2.45) is 11.1 Å². The van der Waals surface area contributed by atoms with Crippen molar-refractivity contribution in [3.8, 4) is 0 Å². The second kappa shape index (κ2) is 6.47. The van der Waals surface area contributed by atoms with Crippen molar-refractivity contribution >= 4 is 34.6 Å². The highest BCUT2D eigenvalue weighted by atomic mass is 32.2. The normalized spacial score (nSPS) is 27.4. The predicted octanol–water partition coefficient (Wildman–Crippen LogP) is -0.708. The molecule has 0 radical (unpaired) electrons. The third-order valence-electron chi connectivity index (χ3n) is 3.79. The van der Waals surface area contributed by atoms with Gasteiger partial charge in [-0.3, -0.25) is 14.1 Å². The van der Waals surface area contributed by atoms with E-state index in [2.05, 4.69) is 0 Å². The molecule has 2 aliphatic rings. The van der Waals surface area contributed by atoms with Crippen LogP contribution in [-0.2, 0) is 20.4 Å². The molecule has 0 aromatic heterocycles. The molecule has 21 heavy (non-hydrogen) atoms. The van der Waals surface area contributed by atoms with Crippen molar-refractivity contribution in [3.63, 3.8) is 0 Å². The number of nitrogens with two attached hydrogens (primary N) is 1. The molecule has 0 saturated carbocycles. The first-order chi connectivity index (χ1) is 9.88. The van der Waals surface area contributed by atoms with Crippen LogP contribution in [0.25, 0.3) is 0 Å². The van der Waals surface area contributed by atoms with Crippen LogP contribution in [0.3, 0.4) is 0 Å². The van der Waals surface area contributed by atoms with Crippen LogP contribution in [0.4, 0.5) is 0 Å². The average molecular weight is 334 g/mol. The van der Waals surface area contributed by atoms with E-state index in [9.17, 15) is 24.0 Å². The number of carboxylic acids is 1. The molecule has 0 aromatic rings. The summed E-state index contributed by atoms with van der Waals surface area (Å²) >= 11 is 1.09. The largest absolute Gasteiger partial charge is 0.477 e. The number of aliphatic hydroxyl groups is 1. The molecule has 0 aliphatic carbocycles. The Morgan fingerprint density at radius 3 is 2.81 bits per heavy atom. The number of carbonyl (C=O) groups excluding carboxylic acids is 1. The molecule has 0 spiro atoms. The highest BCUT2D eigenvalue weighted by Crippen LogP contribution is 2.43. The molecule has 4 atom stereocenters. The Labute approximate surface area is 129 Å². The second-order valence-corrected chi connectivity index (χ2v) is 7.48. The Morgan fingerprint density at radius 2 is 2.29 bits per heavy atom. The van der Waals surface area contributed by atoms with E-state index in [1.165, 1.54) is 11.8 Å². The van der Waals surface area contributed by atoms with Gasteiger partial charge in [0.15, 0.2) is 0 Å². The summed E-state index contributed by atoms with van der Waals surface area (Å²) in [5, 5.41) is 24.2. The lowest BCUT2D eigenvalue weighted by Gasteiger charge is -2.44. The van der Waals surface area contributed by atoms with Gasteiger partial charge in [-0.05, 0) is 18.9 Å². The van der Waals surface area contributed by atoms with Gasteiger partial charge in [-0.2, -0.15) is 0 Å². The summed E-state index contributed by atoms with van der Waals surface area (Å²) < 4.78 is 11.9. The van der Waals surface area contributed by atoms with Crippen LogP contribution in [0.5, 0.6) is 0 Å². The molecule has 0 aromatic carbocycles. The topological polar surface area (TPSA) is 121 Å². The summed E-state index contributed by atoms with van der Waals surface area (Å²) in [6.07, 6.45) is -0.447. The van der Waals surface area contributed by atoms with E-state index < -0.39 is 28.8 Å². The van der Waals surface area contributed by atoms with Crippen molar-refractivity contribution < 1.29 is 24.0 Å². The SMILES string of the molecule is CC(O)C1C(=O)N2C(C(=O)O)=C(CS(=O)CCSN)CC12. The van der Waals surface area contributed by atoms with Crippen LogP contribution >= 0.6 is 11.9 Å². The van der Waals surface area contributed by atoms with Crippen LogP contribution in [0.15, 0.2) is 11.3 Å². The van der Waals surface area contributed by atoms with E-state index >= 15 is 0 Å². The van der Waals surface area contributed by atoms with Crippen LogP contribution in [0.2, 0.25) is 0 Å². The zero-order chi connectivity index (χ0) is 15.7. The second-order valence-electron chi connectivity index (χ2n) is 5.16. The number of hydrogen-bond acceptors (Lipinski definition) is 6. The zero-order valence-corrected chi connectivity index (χ0v) is 13.2. The number of aliphatic hydroxyl groups excluding tert-OH is 1. The maximum absolute atomic E-state index is 12.0. The molecule has 1 fully saturated rings. The first-order valence-electron chi connectivity index (χ1n) is 6.51. The molecule has 0 bridgehead atoms. The standard InChI is InChI=1S/C12H18N2O5S2/c1-6(15)9-8-4-7(5-21(19)3-2-20-13)10(12(17)18)14(8)11(9)16/h6,8-9,15H,2-5,13H2,1H3,(H,17,18). The molecule has 2 heterocycles. The molecule has 2 aliphatic heterocycles. The van der Waals surface area contributed by atoms with Crippen molar-refractivity contribution in [3.05, 3.63) is 11.3 Å². The molecule has 4 unspecified atom stereocenters. The number of hydrogen-bond donors (Lipinski definition) is 3. The maximum Gasteiger partial charge on any atom is 0.352 e. The minimum atomic E-state index is -1.20. The van der Waals surface area contributed by atoms with E-state index in [0.717, 1.165) is 11.9 Å². The van der Waals surface area contributed by atoms with Gasteiger partial charge >= 0.3 is 5.97 Å². The van der Waals surface area contributed by atoms with E-state index in [1.54, 1.807) is 0 Å². The van der Waals surface area contributed by atoms with Gasteiger partial charge in [0.05, 0.1) is 18.1 Å². The molecule has 2 rings (SSSR count). The fraction of sp³-hybridized carbons (Fsp3) is 0.667. The fourth-order valence-corrected chi connectivity index (χ4v) is 4.81. The smallest absolute Gasteiger partial charge is 0.352 e. The number of amides is 1. The van der Waals surface area contributed by atoms with Crippen LogP contribution in [0.1, 0.15) is 13.3 Å². The number of β-lactam (4-membered cyclic amide) rings is 1. The third kappa shape index (κ3) is 3.01. The van der Waals surface area contributed by atoms with Gasteiger partial charge < -0.3 is 15.1 Å². The lowest BCUT2D eigenvalue weighted by Crippen LogP contribution is -2.61. The lowest BCUT2D eigenvalue weighted by atomic mass is 9.83. The van der Waals surface area contributed by atoms with E-state index in [1.807, 2.05) is 0 Å². The van der Waals surface area contributed by atoms with Crippen molar-refractivity contribution in [1.82, 2.24) is 4.90 Å². The Bertz CT molecular complexity index is 520. The van der Waals surface area contributed by atoms with E-state index in [4.69, 9.17) is 5.14 Å². The van der Waals surface area contributed by atoms with Crippen molar-refractivity contribution in [2.45, 2.75) is 25.5 Å². The number of rotatable bonds is 7. The van der Waals surface area contributed by atoms with E-state index in [0.29, 0.717) is 23.5 Å². The Balaban J connectivity index is 2.15. The number of fused-ring (bicyclic) bond motifs is 1. The van der Waals surface area contributed by atoms with Gasteiger partial charge in [0, 0.05) is 28.1 Å². The summed E-state index contributed by atoms with van der Waals surface area (Å²) in [4.78, 5) is 24.6. The van der Waals surface area contributed by atoms with Crippen molar-refractivity contribution in [2.75, 3.05) is 17.3 Å². The lowest BCUT2D eigenvalue weighted by molar-refractivity contribution is -0.161. The monoisotopic (exact) mass is 334 g/mol. The highest BCUT2D eigenvalue weighted by molar-refractivity contribution is 7.98. The zero-order valence-electron chi connectivity index (χ0n) is 11.5. The van der Waals surface area contributed by atoms with Gasteiger partial charge in [0.2, 0.25) is 5.91 Å². The highest BCUT2D eigenvalue weighted by Gasteiger charge is 2.56. The Morgan fingerprint density at radius 1 is 1.62 bits per heavy atom. The molecule has 9 heteroatoms. The van der Waals surface area contributed by atoms with Crippen LogP contribution in [-0.4, -0.2) is 60.6 Å². The number of nitrogens with zero attached hydrogens (tertiary/aromatic N) is 1. The first kappa shape index (κ1) is 16.5. The molecule has 1 amide bonds. The number of aliphatic carboxylic acids is 1. The van der Waals surface area contributed by atoms with E-state index in [-0.39, 0.29) is 23.4 Å². The van der Waals surface area contributed by atoms with Gasteiger partial charge in [-0.15, -0.1) is 0 Å². The molecule has 118 valence electrons. The minimum absolute atomic E-state index is 0.0596. The van der Waals surface area contributed by atoms with Gasteiger partial charge in [0.1, 0.15) is 5.70 Å². The average Bonchev–Trinajstić information content (AvgIpc) is 2.70. The van der Waals surface area contributed by atoms with Crippen molar-refractivity contribution in [1.29, 1.82) is 0 Å². The summed E-state index contributed by atoms with van der Waals surface area (Å²) in [6.45, 7) is 1.52. The molecular weight excluding hydrogens is 316 g/mol. The number of carboxylic acid groups (broad SMARTS) is 1. The molecule has 7 nitrogen and oxygen atoms in total. The van der Waals surface area contributed by atoms with Gasteiger partial charge in [-0.1, -0.05) is 11.9 Å². The Kier molecular flexibility index (Phi) is 5.07. The minimum Gasteiger partial charge on any atom is -0.477 e. The molecule has 4 N–H and O–H groups in total. The van der Waals surface area contributed by atoms with Gasteiger partial charge in [0.25, 0.3) is 0 Å². The first-order valence-corrected chi connectivity index (χ1v) is 9.05. The summed E-state index contributed by atoms with van der Waals surface area (Å²) in [5.74, 6) is -1.07. The van der Waals surface area contributed by atoms with Crippen LogP contribution in [0, 0.1) is 5.92 Å². The molecular formula is C12H18N2O5S2. The fourth-order valence-electron chi connectivity index (χ4n) is 2.90. The summed E-state index contributed by atoms with van der Waals surface area (Å²) in [6, 6.07) is -0.320. The maximum atomic E-state index is 12.0. The third-order valence-corrected chi connectivity index (χ3v) is 5.81. The van der Waals surface area contributed by atoms with Crippen LogP contribution < -0.4 is 5.14 Å². The quantitative estimate of drug-likeness (QED) is 0.415. The van der Waals surface area contributed by atoms with Gasteiger partial charge in [-0.25, -0.2) is 4.79 Å². The summed E-state index contributed by atoms with van der Waals surface area (Å²) in [7, 11) is -1.20. The Hall–Kier alpha value is -0.900.